The number of nitrogens with zero attached hydrogens (tertiary/aromatic N) is 3. The number of non-ortho nitro benzene ring substituents is 1. The summed E-state index contributed by atoms with van der Waals surface area (Å²) in [6, 6.07) is 8.47. The molecule has 0 aliphatic carbocycles. The van der Waals surface area contributed by atoms with E-state index in [1.165, 1.54) is 23.5 Å². The number of halogens is 1. The topological polar surface area (TPSA) is 94.1 Å². The molecule has 4 aromatic rings. The quantitative estimate of drug-likeness (QED) is 0.405. The van der Waals surface area contributed by atoms with E-state index in [4.69, 9.17) is 16.0 Å². The molecule has 0 fully saturated rings. The van der Waals surface area contributed by atoms with Crippen molar-refractivity contribution in [2.24, 2.45) is 0 Å². The van der Waals surface area contributed by atoms with Gasteiger partial charge < -0.3 is 4.42 Å². The number of hydrogen-bond acceptors (Lipinski definition) is 7. The van der Waals surface area contributed by atoms with Crippen molar-refractivity contribution in [3.8, 4) is 0 Å². The molecule has 2 heterocycles. The zero-order valence-corrected chi connectivity index (χ0v) is 13.8. The van der Waals surface area contributed by atoms with E-state index in [-0.39, 0.29) is 5.69 Å². The molecule has 4 rings (SSSR count). The van der Waals surface area contributed by atoms with Crippen molar-refractivity contribution in [3.63, 3.8) is 0 Å². The molecule has 1 N–H and O–H groups in total. The van der Waals surface area contributed by atoms with Gasteiger partial charge in [0.25, 0.3) is 5.69 Å². The molecule has 9 heteroatoms. The van der Waals surface area contributed by atoms with Crippen LogP contribution in [0.1, 0.15) is 5.56 Å². The van der Waals surface area contributed by atoms with Crippen molar-refractivity contribution < 1.29 is 9.34 Å². The van der Waals surface area contributed by atoms with Crippen molar-refractivity contribution in [2.75, 3.05) is 5.32 Å². The number of hydrogen-bond donors (Lipinski definition) is 1. The minimum Gasteiger partial charge on any atom is -0.423 e. The number of anilines is 2. The summed E-state index contributed by atoms with van der Waals surface area (Å²) < 4.78 is 6.32. The lowest BCUT2D eigenvalue weighted by atomic mass is 10.2. The fraction of sp³-hybridized carbons (Fsp3) is 0.0667. The SMILES string of the molecule is Cc1cc([N+](=O)[O-])cc2sc(Nc3nc4cc(Cl)ccc4o3)nc12. The molecule has 2 aromatic carbocycles. The highest BCUT2D eigenvalue weighted by atomic mass is 35.5. The van der Waals surface area contributed by atoms with Gasteiger partial charge in [0.15, 0.2) is 10.7 Å². The molecular weight excluding hydrogens is 352 g/mol. The van der Waals surface area contributed by atoms with Crippen molar-refractivity contribution in [1.82, 2.24) is 9.97 Å². The normalized spacial score (nSPS) is 11.2. The summed E-state index contributed by atoms with van der Waals surface area (Å²) in [7, 11) is 0. The van der Waals surface area contributed by atoms with Gasteiger partial charge in [0.1, 0.15) is 5.52 Å². The van der Waals surface area contributed by atoms with Gasteiger partial charge in [-0.3, -0.25) is 15.4 Å². The maximum Gasteiger partial charge on any atom is 0.302 e. The molecule has 7 nitrogen and oxygen atoms in total. The third kappa shape index (κ3) is 2.55. The molecule has 0 bridgehead atoms. The van der Waals surface area contributed by atoms with E-state index in [0.29, 0.717) is 32.8 Å². The Balaban J connectivity index is 1.73. The van der Waals surface area contributed by atoms with Crippen LogP contribution in [-0.2, 0) is 0 Å². The third-order valence-corrected chi connectivity index (χ3v) is 4.60. The fourth-order valence-electron chi connectivity index (χ4n) is 2.38. The Morgan fingerprint density at radius 2 is 2.12 bits per heavy atom. The number of nitro benzene ring substituents is 1. The summed E-state index contributed by atoms with van der Waals surface area (Å²) in [5.74, 6) is 0. The Kier molecular flexibility index (Phi) is 3.36. The summed E-state index contributed by atoms with van der Waals surface area (Å²) in [6.45, 7) is 1.79. The Hall–Kier alpha value is -2.71. The average molecular weight is 361 g/mol. The van der Waals surface area contributed by atoms with E-state index in [2.05, 4.69) is 15.3 Å². The van der Waals surface area contributed by atoms with Gasteiger partial charge in [0.05, 0.1) is 15.1 Å². The maximum atomic E-state index is 11.0. The second-order valence-corrected chi connectivity index (χ2v) is 6.61. The second-order valence-electron chi connectivity index (χ2n) is 5.14. The van der Waals surface area contributed by atoms with Crippen LogP contribution in [0.5, 0.6) is 0 Å². The summed E-state index contributed by atoms with van der Waals surface area (Å²) >= 11 is 7.23. The first kappa shape index (κ1) is 14.9. The molecule has 0 unspecified atom stereocenters. The van der Waals surface area contributed by atoms with Crippen LogP contribution in [0.25, 0.3) is 21.3 Å². The molecule has 0 atom stereocenters. The van der Waals surface area contributed by atoms with Crippen molar-refractivity contribution in [2.45, 2.75) is 6.92 Å². The molecular formula is C15H9ClN4O3S. The number of aryl methyl sites for hydroxylation is 1. The lowest BCUT2D eigenvalue weighted by molar-refractivity contribution is -0.384. The minimum atomic E-state index is -0.413. The first-order valence-corrected chi connectivity index (χ1v) is 8.08. The summed E-state index contributed by atoms with van der Waals surface area (Å²) in [6.07, 6.45) is 0. The van der Waals surface area contributed by atoms with Crippen molar-refractivity contribution in [3.05, 3.63) is 51.0 Å². The Bertz CT molecular complexity index is 1100. The zero-order valence-electron chi connectivity index (χ0n) is 12.2. The highest BCUT2D eigenvalue weighted by Gasteiger charge is 2.15. The Labute approximate surface area is 144 Å². The molecule has 0 spiro atoms. The molecule has 0 saturated carbocycles. The van der Waals surface area contributed by atoms with E-state index < -0.39 is 4.92 Å². The molecule has 0 aliphatic heterocycles. The molecule has 0 amide bonds. The number of aromatic nitrogens is 2. The van der Waals surface area contributed by atoms with Crippen LogP contribution in [0.2, 0.25) is 5.02 Å². The number of thiazole rings is 1. The van der Waals surface area contributed by atoms with Gasteiger partial charge in [-0.25, -0.2) is 4.98 Å². The largest absolute Gasteiger partial charge is 0.423 e. The Morgan fingerprint density at radius 3 is 2.92 bits per heavy atom. The van der Waals surface area contributed by atoms with Crippen LogP contribution in [0.4, 0.5) is 16.8 Å². The number of rotatable bonds is 3. The third-order valence-electron chi connectivity index (χ3n) is 3.44. The lowest BCUT2D eigenvalue weighted by Gasteiger charge is -1.95. The van der Waals surface area contributed by atoms with Gasteiger partial charge in [-0.05, 0) is 30.7 Å². The van der Waals surface area contributed by atoms with Gasteiger partial charge in [-0.2, -0.15) is 4.98 Å². The first-order chi connectivity index (χ1) is 11.5. The molecule has 120 valence electrons. The predicted molar refractivity (Wildman–Crippen MR) is 93.3 cm³/mol. The molecule has 0 aliphatic rings. The van der Waals surface area contributed by atoms with Crippen LogP contribution in [0.3, 0.4) is 0 Å². The molecule has 0 saturated heterocycles. The van der Waals surface area contributed by atoms with E-state index in [9.17, 15) is 10.1 Å². The number of benzene rings is 2. The summed E-state index contributed by atoms with van der Waals surface area (Å²) in [5.41, 5.74) is 2.75. The monoisotopic (exact) mass is 360 g/mol. The summed E-state index contributed by atoms with van der Waals surface area (Å²) in [4.78, 5) is 19.3. The molecule has 0 radical (unpaired) electrons. The van der Waals surface area contributed by atoms with Crippen molar-refractivity contribution >= 4 is 61.1 Å². The first-order valence-electron chi connectivity index (χ1n) is 6.88. The number of nitro groups is 1. The van der Waals surface area contributed by atoms with Gasteiger partial charge in [0.2, 0.25) is 0 Å². The van der Waals surface area contributed by atoms with Crippen LogP contribution in [0.15, 0.2) is 34.7 Å². The van der Waals surface area contributed by atoms with Crippen LogP contribution < -0.4 is 5.32 Å². The zero-order chi connectivity index (χ0) is 16.8. The predicted octanol–water partition coefficient (Wildman–Crippen LogP) is 5.05. The number of nitrogens with one attached hydrogen (secondary N) is 1. The van der Waals surface area contributed by atoms with Gasteiger partial charge in [-0.15, -0.1) is 0 Å². The lowest BCUT2D eigenvalue weighted by Crippen LogP contribution is -1.89. The average Bonchev–Trinajstić information content (AvgIpc) is 3.10. The van der Waals surface area contributed by atoms with Crippen molar-refractivity contribution in [1.29, 1.82) is 0 Å². The van der Waals surface area contributed by atoms with E-state index in [1.54, 1.807) is 25.1 Å². The second kappa shape index (κ2) is 5.43. The van der Waals surface area contributed by atoms with Gasteiger partial charge in [0, 0.05) is 17.2 Å². The minimum absolute atomic E-state index is 0.0479. The highest BCUT2D eigenvalue weighted by Crippen LogP contribution is 2.33. The van der Waals surface area contributed by atoms with E-state index >= 15 is 0 Å². The van der Waals surface area contributed by atoms with Crippen LogP contribution in [-0.4, -0.2) is 14.9 Å². The highest BCUT2D eigenvalue weighted by molar-refractivity contribution is 7.22. The molecule has 2 aromatic heterocycles. The van der Waals surface area contributed by atoms with Gasteiger partial charge >= 0.3 is 6.01 Å². The number of fused-ring (bicyclic) bond motifs is 2. The van der Waals surface area contributed by atoms with Gasteiger partial charge in [-0.1, -0.05) is 22.9 Å². The fourth-order valence-corrected chi connectivity index (χ4v) is 3.52. The van der Waals surface area contributed by atoms with E-state index in [0.717, 1.165) is 10.3 Å². The summed E-state index contributed by atoms with van der Waals surface area (Å²) in [5, 5.41) is 15.1. The van der Waals surface area contributed by atoms with Crippen LogP contribution >= 0.6 is 22.9 Å². The number of oxazole rings is 1. The molecule has 24 heavy (non-hydrogen) atoms. The Morgan fingerprint density at radius 1 is 1.29 bits per heavy atom. The maximum absolute atomic E-state index is 11.0. The van der Waals surface area contributed by atoms with Crippen LogP contribution in [0, 0.1) is 17.0 Å². The smallest absolute Gasteiger partial charge is 0.302 e. The van der Waals surface area contributed by atoms with E-state index in [1.807, 2.05) is 0 Å². The standard InChI is InChI=1S/C15H9ClN4O3S/c1-7-4-9(20(21)22)6-12-13(7)18-15(24-12)19-14-17-10-5-8(16)2-3-11(10)23-14/h2-6H,1H3,(H,17,18,19).